The second kappa shape index (κ2) is 7.06. The Morgan fingerprint density at radius 3 is 2.74 bits per heavy atom. The van der Waals surface area contributed by atoms with Gasteiger partial charge in [-0.05, 0) is 31.2 Å². The summed E-state index contributed by atoms with van der Waals surface area (Å²) >= 11 is 0. The lowest BCUT2D eigenvalue weighted by atomic mass is 9.83. The number of hydrogen-bond acceptors (Lipinski definition) is 2. The average molecular weight is 261 g/mol. The summed E-state index contributed by atoms with van der Waals surface area (Å²) < 4.78 is 6.12. The Bertz CT molecular complexity index is 387. The molecule has 106 valence electrons. The molecule has 0 aliphatic heterocycles. The summed E-state index contributed by atoms with van der Waals surface area (Å²) in [6.45, 7) is 5.09. The van der Waals surface area contributed by atoms with Gasteiger partial charge >= 0.3 is 0 Å². The van der Waals surface area contributed by atoms with Crippen LogP contribution in [0.1, 0.15) is 56.3 Å². The highest BCUT2D eigenvalue weighted by Gasteiger charge is 2.21. The summed E-state index contributed by atoms with van der Waals surface area (Å²) in [6.07, 6.45) is 6.36. The van der Waals surface area contributed by atoms with Gasteiger partial charge in [-0.3, -0.25) is 0 Å². The SMILES string of the molecule is CCC(N)C(OCCC1CCC1)c1cccc(C)c1. The zero-order valence-corrected chi connectivity index (χ0v) is 12.3. The molecule has 2 atom stereocenters. The molecule has 19 heavy (non-hydrogen) atoms. The predicted molar refractivity (Wildman–Crippen MR) is 80.1 cm³/mol. The van der Waals surface area contributed by atoms with E-state index in [9.17, 15) is 0 Å². The van der Waals surface area contributed by atoms with Gasteiger partial charge in [0, 0.05) is 12.6 Å². The van der Waals surface area contributed by atoms with Crippen molar-refractivity contribution in [2.75, 3.05) is 6.61 Å². The zero-order chi connectivity index (χ0) is 13.7. The molecule has 2 nitrogen and oxygen atoms in total. The summed E-state index contributed by atoms with van der Waals surface area (Å²) in [5, 5.41) is 0. The second-order valence-electron chi connectivity index (χ2n) is 5.86. The second-order valence-corrected chi connectivity index (χ2v) is 5.86. The van der Waals surface area contributed by atoms with Crippen LogP contribution in [0.15, 0.2) is 24.3 Å². The average Bonchev–Trinajstić information content (AvgIpc) is 2.36. The molecule has 2 N–H and O–H groups in total. The molecule has 1 aromatic rings. The maximum absolute atomic E-state index is 6.24. The molecule has 0 saturated heterocycles. The van der Waals surface area contributed by atoms with Gasteiger partial charge in [-0.2, -0.15) is 0 Å². The Morgan fingerprint density at radius 1 is 1.37 bits per heavy atom. The molecule has 1 saturated carbocycles. The van der Waals surface area contributed by atoms with E-state index in [1.807, 2.05) is 0 Å². The summed E-state index contributed by atoms with van der Waals surface area (Å²) in [5.74, 6) is 0.899. The number of rotatable bonds is 7. The fraction of sp³-hybridized carbons (Fsp3) is 0.647. The van der Waals surface area contributed by atoms with Crippen molar-refractivity contribution in [3.05, 3.63) is 35.4 Å². The highest BCUT2D eigenvalue weighted by Crippen LogP contribution is 2.30. The molecule has 0 heterocycles. The summed E-state index contributed by atoms with van der Waals surface area (Å²) in [6, 6.07) is 8.63. The number of hydrogen-bond donors (Lipinski definition) is 1. The van der Waals surface area contributed by atoms with E-state index in [4.69, 9.17) is 10.5 Å². The normalized spacial score (nSPS) is 18.9. The molecule has 1 fully saturated rings. The third kappa shape index (κ3) is 4.05. The molecule has 1 aliphatic rings. The van der Waals surface area contributed by atoms with Crippen LogP contribution in [0.25, 0.3) is 0 Å². The van der Waals surface area contributed by atoms with Crippen molar-refractivity contribution in [1.29, 1.82) is 0 Å². The minimum atomic E-state index is 0.0463. The van der Waals surface area contributed by atoms with E-state index in [1.54, 1.807) is 0 Å². The predicted octanol–water partition coefficient (Wildman–Crippen LogP) is 3.98. The molecule has 2 rings (SSSR count). The number of benzene rings is 1. The lowest BCUT2D eigenvalue weighted by Crippen LogP contribution is -2.30. The fourth-order valence-corrected chi connectivity index (χ4v) is 2.67. The van der Waals surface area contributed by atoms with Crippen LogP contribution in [0.2, 0.25) is 0 Å². The lowest BCUT2D eigenvalue weighted by Gasteiger charge is -2.28. The van der Waals surface area contributed by atoms with Crippen molar-refractivity contribution in [3.8, 4) is 0 Å². The van der Waals surface area contributed by atoms with E-state index in [2.05, 4.69) is 38.1 Å². The third-order valence-corrected chi connectivity index (χ3v) is 4.28. The van der Waals surface area contributed by atoms with E-state index in [0.717, 1.165) is 18.9 Å². The van der Waals surface area contributed by atoms with Crippen molar-refractivity contribution < 1.29 is 4.74 Å². The first-order valence-corrected chi connectivity index (χ1v) is 7.64. The van der Waals surface area contributed by atoms with Gasteiger partial charge in [-0.15, -0.1) is 0 Å². The number of aryl methyl sites for hydroxylation is 1. The maximum Gasteiger partial charge on any atom is 0.0975 e. The van der Waals surface area contributed by atoms with Gasteiger partial charge in [0.1, 0.15) is 0 Å². The van der Waals surface area contributed by atoms with Crippen LogP contribution >= 0.6 is 0 Å². The van der Waals surface area contributed by atoms with E-state index in [-0.39, 0.29) is 12.1 Å². The van der Waals surface area contributed by atoms with Gasteiger partial charge < -0.3 is 10.5 Å². The van der Waals surface area contributed by atoms with Crippen LogP contribution in [0.3, 0.4) is 0 Å². The smallest absolute Gasteiger partial charge is 0.0975 e. The molecule has 0 aromatic heterocycles. The van der Waals surface area contributed by atoms with Crippen LogP contribution in [0.4, 0.5) is 0 Å². The monoisotopic (exact) mass is 261 g/mol. The first kappa shape index (κ1) is 14.5. The first-order chi connectivity index (χ1) is 9.20. The molecule has 1 aromatic carbocycles. The molecule has 0 amide bonds. The van der Waals surface area contributed by atoms with Gasteiger partial charge in [-0.25, -0.2) is 0 Å². The molecular weight excluding hydrogens is 234 g/mol. The van der Waals surface area contributed by atoms with Crippen LogP contribution < -0.4 is 5.73 Å². The Kier molecular flexibility index (Phi) is 5.41. The van der Waals surface area contributed by atoms with Crippen molar-refractivity contribution in [3.63, 3.8) is 0 Å². The first-order valence-electron chi connectivity index (χ1n) is 7.64. The zero-order valence-electron chi connectivity index (χ0n) is 12.3. The van der Waals surface area contributed by atoms with Crippen molar-refractivity contribution in [2.24, 2.45) is 11.7 Å². The van der Waals surface area contributed by atoms with Gasteiger partial charge in [-0.1, -0.05) is 56.0 Å². The van der Waals surface area contributed by atoms with E-state index >= 15 is 0 Å². The summed E-state index contributed by atoms with van der Waals surface area (Å²) in [4.78, 5) is 0. The van der Waals surface area contributed by atoms with Crippen LogP contribution in [-0.4, -0.2) is 12.6 Å². The molecule has 2 unspecified atom stereocenters. The van der Waals surface area contributed by atoms with Crippen LogP contribution in [0.5, 0.6) is 0 Å². The minimum Gasteiger partial charge on any atom is -0.372 e. The summed E-state index contributed by atoms with van der Waals surface area (Å²) in [5.41, 5.74) is 8.73. The Hall–Kier alpha value is -0.860. The van der Waals surface area contributed by atoms with Gasteiger partial charge in [0.2, 0.25) is 0 Å². The largest absolute Gasteiger partial charge is 0.372 e. The Morgan fingerprint density at radius 2 is 2.16 bits per heavy atom. The Labute approximate surface area is 117 Å². The van der Waals surface area contributed by atoms with Crippen molar-refractivity contribution in [2.45, 2.75) is 58.1 Å². The van der Waals surface area contributed by atoms with Crippen LogP contribution in [-0.2, 0) is 4.74 Å². The third-order valence-electron chi connectivity index (χ3n) is 4.28. The standard InChI is InChI=1S/C17H27NO/c1-3-16(18)17(15-9-4-6-13(2)12-15)19-11-10-14-7-5-8-14/h4,6,9,12,14,16-17H,3,5,7-8,10-11,18H2,1-2H3. The van der Waals surface area contributed by atoms with E-state index in [0.29, 0.717) is 0 Å². The van der Waals surface area contributed by atoms with Gasteiger partial charge in [0.15, 0.2) is 0 Å². The lowest BCUT2D eigenvalue weighted by molar-refractivity contribution is 0.0203. The topological polar surface area (TPSA) is 35.2 Å². The highest BCUT2D eigenvalue weighted by atomic mass is 16.5. The summed E-state index contributed by atoms with van der Waals surface area (Å²) in [7, 11) is 0. The van der Waals surface area contributed by atoms with Crippen molar-refractivity contribution in [1.82, 2.24) is 0 Å². The molecule has 0 bridgehead atoms. The molecular formula is C17H27NO. The van der Waals surface area contributed by atoms with Gasteiger partial charge in [0.05, 0.1) is 6.10 Å². The van der Waals surface area contributed by atoms with Crippen molar-refractivity contribution >= 4 is 0 Å². The fourth-order valence-electron chi connectivity index (χ4n) is 2.67. The number of ether oxygens (including phenoxy) is 1. The quantitative estimate of drug-likeness (QED) is 0.805. The number of nitrogens with two attached hydrogens (primary N) is 1. The molecule has 2 heteroatoms. The van der Waals surface area contributed by atoms with Gasteiger partial charge in [0.25, 0.3) is 0 Å². The molecule has 1 aliphatic carbocycles. The Balaban J connectivity index is 1.94. The maximum atomic E-state index is 6.24. The highest BCUT2D eigenvalue weighted by molar-refractivity contribution is 5.25. The molecule has 0 spiro atoms. The van der Waals surface area contributed by atoms with Crippen LogP contribution in [0, 0.1) is 12.8 Å². The van der Waals surface area contributed by atoms with E-state index < -0.39 is 0 Å². The van der Waals surface area contributed by atoms with E-state index in [1.165, 1.54) is 36.8 Å². The minimum absolute atomic E-state index is 0.0463. The molecule has 0 radical (unpaired) electrons.